The lowest BCUT2D eigenvalue weighted by Gasteiger charge is -2.12. The summed E-state index contributed by atoms with van der Waals surface area (Å²) in [5.41, 5.74) is 0. The summed E-state index contributed by atoms with van der Waals surface area (Å²) >= 11 is 1.42. The van der Waals surface area contributed by atoms with Crippen molar-refractivity contribution in [3.8, 4) is 0 Å². The van der Waals surface area contributed by atoms with Crippen LogP contribution in [0.25, 0.3) is 0 Å². The number of aryl methyl sites for hydroxylation is 1. The molecule has 1 heterocycles. The van der Waals surface area contributed by atoms with Gasteiger partial charge in [0.1, 0.15) is 6.04 Å². The number of carbonyl (C=O) groups is 2. The third-order valence-electron chi connectivity index (χ3n) is 2.88. The Morgan fingerprint density at radius 1 is 1.53 bits per heavy atom. The Bertz CT molecular complexity index is 437. The highest BCUT2D eigenvalue weighted by atomic mass is 32.1. The molecule has 2 rings (SSSR count). The molecule has 0 saturated heterocycles. The van der Waals surface area contributed by atoms with E-state index in [0.717, 1.165) is 24.1 Å². The van der Waals surface area contributed by atoms with Gasteiger partial charge in [-0.05, 0) is 37.3 Å². The topological polar surface area (TPSA) is 66.4 Å². The Labute approximate surface area is 104 Å². The van der Waals surface area contributed by atoms with Gasteiger partial charge < -0.3 is 10.4 Å². The number of rotatable bonds is 5. The van der Waals surface area contributed by atoms with E-state index in [4.69, 9.17) is 5.11 Å². The van der Waals surface area contributed by atoms with Crippen LogP contribution in [0.3, 0.4) is 0 Å². The minimum absolute atomic E-state index is 0.113. The second-order valence-electron chi connectivity index (χ2n) is 4.25. The zero-order chi connectivity index (χ0) is 12.4. The quantitative estimate of drug-likeness (QED) is 0.842. The number of hydrogen-bond acceptors (Lipinski definition) is 3. The van der Waals surface area contributed by atoms with Crippen molar-refractivity contribution in [1.82, 2.24) is 5.32 Å². The van der Waals surface area contributed by atoms with Crippen LogP contribution in [-0.4, -0.2) is 23.0 Å². The lowest BCUT2D eigenvalue weighted by molar-refractivity contribution is -0.139. The molecule has 0 bridgehead atoms. The molecule has 5 heteroatoms. The first-order valence-corrected chi connectivity index (χ1v) is 6.56. The van der Waals surface area contributed by atoms with Gasteiger partial charge in [-0.3, -0.25) is 4.79 Å². The van der Waals surface area contributed by atoms with Crippen molar-refractivity contribution in [3.05, 3.63) is 21.9 Å². The van der Waals surface area contributed by atoms with Crippen LogP contribution in [0.15, 0.2) is 12.1 Å². The molecule has 0 aliphatic heterocycles. The van der Waals surface area contributed by atoms with Gasteiger partial charge in [-0.25, -0.2) is 4.79 Å². The van der Waals surface area contributed by atoms with Crippen molar-refractivity contribution in [1.29, 1.82) is 0 Å². The van der Waals surface area contributed by atoms with Gasteiger partial charge in [-0.15, -0.1) is 11.3 Å². The third kappa shape index (κ3) is 2.85. The number of nitrogens with one attached hydrogen (secondary N) is 1. The fourth-order valence-corrected chi connectivity index (χ4v) is 2.56. The van der Waals surface area contributed by atoms with Gasteiger partial charge in [0.25, 0.3) is 5.91 Å². The highest BCUT2D eigenvalue weighted by Gasteiger charge is 2.37. The molecule has 0 aromatic carbocycles. The van der Waals surface area contributed by atoms with Crippen LogP contribution in [0.1, 0.15) is 34.3 Å². The van der Waals surface area contributed by atoms with Gasteiger partial charge in [0, 0.05) is 4.88 Å². The summed E-state index contributed by atoms with van der Waals surface area (Å²) in [6.07, 6.45) is 2.67. The lowest BCUT2D eigenvalue weighted by atomic mass is 10.2. The summed E-state index contributed by atoms with van der Waals surface area (Å²) in [4.78, 5) is 24.6. The number of hydrogen-bond donors (Lipinski definition) is 2. The summed E-state index contributed by atoms with van der Waals surface area (Å²) in [7, 11) is 0. The normalized spacial score (nSPS) is 16.5. The molecule has 1 aliphatic carbocycles. The number of aliphatic carboxylic acids is 1. The highest BCUT2D eigenvalue weighted by molar-refractivity contribution is 7.14. The molecule has 1 saturated carbocycles. The highest BCUT2D eigenvalue weighted by Crippen LogP contribution is 2.33. The summed E-state index contributed by atoms with van der Waals surface area (Å²) in [6.45, 7) is 2.03. The van der Waals surface area contributed by atoms with E-state index in [2.05, 4.69) is 5.32 Å². The lowest BCUT2D eigenvalue weighted by Crippen LogP contribution is -2.42. The molecule has 1 atom stereocenters. The predicted octanol–water partition coefficient (Wildman–Crippen LogP) is 1.90. The van der Waals surface area contributed by atoms with Gasteiger partial charge in [0.05, 0.1) is 4.88 Å². The van der Waals surface area contributed by atoms with Gasteiger partial charge >= 0.3 is 5.97 Å². The molecular formula is C12H15NO3S. The van der Waals surface area contributed by atoms with Crippen molar-refractivity contribution in [2.24, 2.45) is 5.92 Å². The largest absolute Gasteiger partial charge is 0.480 e. The average molecular weight is 253 g/mol. The van der Waals surface area contributed by atoms with E-state index >= 15 is 0 Å². The Morgan fingerprint density at radius 3 is 2.71 bits per heavy atom. The van der Waals surface area contributed by atoms with Crippen LogP contribution in [-0.2, 0) is 11.2 Å². The number of amides is 1. The van der Waals surface area contributed by atoms with Crippen LogP contribution < -0.4 is 5.32 Å². The van der Waals surface area contributed by atoms with E-state index in [-0.39, 0.29) is 11.8 Å². The van der Waals surface area contributed by atoms with E-state index < -0.39 is 12.0 Å². The number of carboxylic acid groups (broad SMARTS) is 1. The first-order valence-electron chi connectivity index (χ1n) is 5.74. The Kier molecular flexibility index (Phi) is 3.47. The minimum atomic E-state index is -0.937. The number of thiophene rings is 1. The summed E-state index contributed by atoms with van der Waals surface area (Å²) in [5, 5.41) is 11.6. The summed E-state index contributed by atoms with van der Waals surface area (Å²) in [6, 6.07) is 2.94. The van der Waals surface area contributed by atoms with Crippen molar-refractivity contribution < 1.29 is 14.7 Å². The molecule has 1 unspecified atom stereocenters. The van der Waals surface area contributed by atoms with Crippen LogP contribution in [0, 0.1) is 5.92 Å². The molecule has 1 aromatic rings. The molecule has 1 aromatic heterocycles. The van der Waals surface area contributed by atoms with Crippen LogP contribution in [0.4, 0.5) is 0 Å². The van der Waals surface area contributed by atoms with E-state index in [0.29, 0.717) is 4.88 Å². The monoisotopic (exact) mass is 253 g/mol. The second kappa shape index (κ2) is 4.87. The van der Waals surface area contributed by atoms with E-state index in [1.807, 2.05) is 13.0 Å². The van der Waals surface area contributed by atoms with Gasteiger partial charge in [0.2, 0.25) is 0 Å². The Hall–Kier alpha value is -1.36. The third-order valence-corrected chi connectivity index (χ3v) is 4.11. The first kappa shape index (κ1) is 12.1. The minimum Gasteiger partial charge on any atom is -0.480 e. The van der Waals surface area contributed by atoms with Gasteiger partial charge in [-0.2, -0.15) is 0 Å². The molecule has 2 N–H and O–H groups in total. The maximum atomic E-state index is 11.9. The first-order chi connectivity index (χ1) is 8.11. The Balaban J connectivity index is 2.02. The van der Waals surface area contributed by atoms with Crippen LogP contribution in [0.2, 0.25) is 0 Å². The van der Waals surface area contributed by atoms with Crippen molar-refractivity contribution >= 4 is 23.2 Å². The number of carboxylic acids is 1. The molecule has 1 amide bonds. The van der Waals surface area contributed by atoms with Crippen molar-refractivity contribution in [3.63, 3.8) is 0 Å². The molecular weight excluding hydrogens is 238 g/mol. The molecule has 0 radical (unpaired) electrons. The molecule has 0 spiro atoms. The standard InChI is InChI=1S/C12H15NO3S/c1-2-8-5-6-9(17-8)11(14)13-10(12(15)16)7-3-4-7/h5-7,10H,2-4H2,1H3,(H,13,14)(H,15,16). The van der Waals surface area contributed by atoms with E-state index in [1.54, 1.807) is 6.07 Å². The molecule has 17 heavy (non-hydrogen) atoms. The van der Waals surface area contributed by atoms with Gasteiger partial charge in [-0.1, -0.05) is 6.92 Å². The van der Waals surface area contributed by atoms with Crippen molar-refractivity contribution in [2.75, 3.05) is 0 Å². The van der Waals surface area contributed by atoms with Crippen LogP contribution in [0.5, 0.6) is 0 Å². The molecule has 4 nitrogen and oxygen atoms in total. The van der Waals surface area contributed by atoms with Crippen molar-refractivity contribution in [2.45, 2.75) is 32.2 Å². The zero-order valence-corrected chi connectivity index (χ0v) is 10.4. The van der Waals surface area contributed by atoms with Crippen LogP contribution >= 0.6 is 11.3 Å². The smallest absolute Gasteiger partial charge is 0.326 e. The van der Waals surface area contributed by atoms with E-state index in [1.165, 1.54) is 11.3 Å². The SMILES string of the molecule is CCc1ccc(C(=O)NC(C(=O)O)C2CC2)s1. The zero-order valence-electron chi connectivity index (χ0n) is 9.60. The predicted molar refractivity (Wildman–Crippen MR) is 65.3 cm³/mol. The fourth-order valence-electron chi connectivity index (χ4n) is 1.71. The molecule has 1 fully saturated rings. The Morgan fingerprint density at radius 2 is 2.24 bits per heavy atom. The van der Waals surface area contributed by atoms with Gasteiger partial charge in [0.15, 0.2) is 0 Å². The summed E-state index contributed by atoms with van der Waals surface area (Å²) in [5.74, 6) is -1.09. The number of carbonyl (C=O) groups excluding carboxylic acids is 1. The maximum absolute atomic E-state index is 11.9. The summed E-state index contributed by atoms with van der Waals surface area (Å²) < 4.78 is 0. The second-order valence-corrected chi connectivity index (χ2v) is 5.41. The average Bonchev–Trinajstić information content (AvgIpc) is 3.01. The molecule has 92 valence electrons. The molecule has 1 aliphatic rings. The van der Waals surface area contributed by atoms with E-state index in [9.17, 15) is 9.59 Å². The maximum Gasteiger partial charge on any atom is 0.326 e. The fraction of sp³-hybridized carbons (Fsp3) is 0.500.